The molecule has 2 bridgehead atoms. The van der Waals surface area contributed by atoms with Crippen molar-refractivity contribution in [3.05, 3.63) is 47.8 Å². The lowest BCUT2D eigenvalue weighted by molar-refractivity contribution is -0.122. The van der Waals surface area contributed by atoms with E-state index in [-0.39, 0.29) is 24.3 Å². The van der Waals surface area contributed by atoms with Gasteiger partial charge in [-0.25, -0.2) is 4.98 Å². The van der Waals surface area contributed by atoms with Crippen LogP contribution in [0.3, 0.4) is 0 Å². The van der Waals surface area contributed by atoms with Crippen molar-refractivity contribution in [3.63, 3.8) is 0 Å². The number of ether oxygens (including phenoxy) is 3. The van der Waals surface area contributed by atoms with Crippen molar-refractivity contribution >= 4 is 28.5 Å². The van der Waals surface area contributed by atoms with Crippen LogP contribution in [-0.4, -0.2) is 98.7 Å². The first-order chi connectivity index (χ1) is 21.4. The molecule has 4 heterocycles. The highest BCUT2D eigenvalue weighted by Gasteiger charge is 2.27. The van der Waals surface area contributed by atoms with Crippen molar-refractivity contribution in [3.8, 4) is 17.2 Å². The van der Waals surface area contributed by atoms with Crippen LogP contribution in [0.5, 0.6) is 17.2 Å². The molecule has 2 aliphatic heterocycles. The Hall–Kier alpha value is -4.12. The van der Waals surface area contributed by atoms with Gasteiger partial charge in [0.25, 0.3) is 5.91 Å². The van der Waals surface area contributed by atoms with Gasteiger partial charge in [0.2, 0.25) is 11.7 Å². The minimum atomic E-state index is -0.168. The van der Waals surface area contributed by atoms with Gasteiger partial charge in [0.05, 0.1) is 39.0 Å². The lowest BCUT2D eigenvalue weighted by Gasteiger charge is -2.36. The second-order valence-corrected chi connectivity index (χ2v) is 11.5. The normalized spacial score (nSPS) is 18.8. The fraction of sp³-hybridized carbons (Fsp3) is 0.515. The number of piperidine rings is 1. The fourth-order valence-electron chi connectivity index (χ4n) is 6.28. The van der Waals surface area contributed by atoms with E-state index in [9.17, 15) is 9.59 Å². The van der Waals surface area contributed by atoms with E-state index in [1.165, 1.54) is 0 Å². The molecule has 1 atom stereocenters. The Morgan fingerprint density at radius 1 is 1.02 bits per heavy atom. The van der Waals surface area contributed by atoms with Gasteiger partial charge in [0.15, 0.2) is 11.5 Å². The molecular formula is C33H44N6O5. The van der Waals surface area contributed by atoms with Gasteiger partial charge in [-0.3, -0.25) is 19.5 Å². The predicted octanol–water partition coefficient (Wildman–Crippen LogP) is 3.75. The van der Waals surface area contributed by atoms with Crippen molar-refractivity contribution < 1.29 is 23.8 Å². The molecule has 1 unspecified atom stereocenters. The van der Waals surface area contributed by atoms with Crippen molar-refractivity contribution in [1.82, 2.24) is 25.1 Å². The standard InChI is InChI=1S/C33H44N6O5/c1-5-37-13-6-7-14-39(33(41)24-11-8-12-34-19-24)22-29(40)35-18-23-10-9-15-38(20-23)32-25(21-37)16-26-27(36-32)17-28(42-2)31(44-4)30(26)43-3/h8,11-12,16-17,19,23H,5-7,9-10,13-15,18,20-22H2,1-4H3,(H,35,40). The van der Waals surface area contributed by atoms with Crippen LogP contribution in [0, 0.1) is 5.92 Å². The molecule has 2 aliphatic rings. The van der Waals surface area contributed by atoms with E-state index >= 15 is 0 Å². The van der Waals surface area contributed by atoms with Gasteiger partial charge in [-0.05, 0) is 62.9 Å². The zero-order valence-electron chi connectivity index (χ0n) is 26.3. The first-order valence-corrected chi connectivity index (χ1v) is 15.5. The monoisotopic (exact) mass is 604 g/mol. The van der Waals surface area contributed by atoms with Crippen LogP contribution in [0.2, 0.25) is 0 Å². The highest BCUT2D eigenvalue weighted by atomic mass is 16.5. The van der Waals surface area contributed by atoms with E-state index in [0.29, 0.717) is 35.9 Å². The summed E-state index contributed by atoms with van der Waals surface area (Å²) >= 11 is 0. The molecule has 0 saturated carbocycles. The predicted molar refractivity (Wildman–Crippen MR) is 170 cm³/mol. The third kappa shape index (κ3) is 6.99. The number of aromatic nitrogens is 2. The number of anilines is 1. The van der Waals surface area contributed by atoms with Gasteiger partial charge in [-0.1, -0.05) is 6.92 Å². The van der Waals surface area contributed by atoms with Crippen LogP contribution >= 0.6 is 0 Å². The van der Waals surface area contributed by atoms with Crippen LogP contribution in [0.25, 0.3) is 10.9 Å². The molecule has 11 heteroatoms. The van der Waals surface area contributed by atoms with E-state index in [1.54, 1.807) is 50.8 Å². The Morgan fingerprint density at radius 3 is 2.57 bits per heavy atom. The summed E-state index contributed by atoms with van der Waals surface area (Å²) in [4.78, 5) is 42.2. The van der Waals surface area contributed by atoms with Crippen LogP contribution < -0.4 is 24.4 Å². The zero-order valence-corrected chi connectivity index (χ0v) is 26.3. The number of pyridine rings is 2. The second kappa shape index (κ2) is 14.6. The largest absolute Gasteiger partial charge is 0.493 e. The highest BCUT2D eigenvalue weighted by molar-refractivity contribution is 5.96. The molecule has 2 aromatic heterocycles. The summed E-state index contributed by atoms with van der Waals surface area (Å²) in [6.45, 7) is 7.35. The number of carbonyl (C=O) groups excluding carboxylic acids is 2. The van der Waals surface area contributed by atoms with Gasteiger partial charge in [0, 0.05) is 62.1 Å². The molecule has 1 fully saturated rings. The number of rotatable bonds is 5. The summed E-state index contributed by atoms with van der Waals surface area (Å²) in [7, 11) is 4.86. The van der Waals surface area contributed by atoms with Crippen molar-refractivity contribution in [1.29, 1.82) is 0 Å². The number of amides is 2. The molecule has 44 heavy (non-hydrogen) atoms. The Morgan fingerprint density at radius 2 is 1.84 bits per heavy atom. The smallest absolute Gasteiger partial charge is 0.255 e. The minimum absolute atomic E-state index is 0.0329. The average Bonchev–Trinajstić information content (AvgIpc) is 3.06. The van der Waals surface area contributed by atoms with Crippen LogP contribution in [-0.2, 0) is 11.3 Å². The van der Waals surface area contributed by atoms with Crippen molar-refractivity contribution in [2.45, 2.75) is 39.2 Å². The lowest BCUT2D eigenvalue weighted by Crippen LogP contribution is -2.45. The molecule has 0 radical (unpaired) electrons. The maximum Gasteiger partial charge on any atom is 0.255 e. The number of benzene rings is 1. The zero-order chi connectivity index (χ0) is 31.1. The molecule has 5 rings (SSSR count). The molecule has 11 nitrogen and oxygen atoms in total. The highest BCUT2D eigenvalue weighted by Crippen LogP contribution is 2.44. The number of carbonyl (C=O) groups is 2. The van der Waals surface area contributed by atoms with E-state index in [0.717, 1.165) is 80.7 Å². The Bertz CT molecular complexity index is 1450. The van der Waals surface area contributed by atoms with Gasteiger partial charge >= 0.3 is 0 Å². The first-order valence-electron chi connectivity index (χ1n) is 15.5. The second-order valence-electron chi connectivity index (χ2n) is 11.5. The number of fused-ring (bicyclic) bond motifs is 5. The van der Waals surface area contributed by atoms with Crippen LogP contribution in [0.1, 0.15) is 48.5 Å². The topological polar surface area (TPSA) is 109 Å². The summed E-state index contributed by atoms with van der Waals surface area (Å²) in [5.74, 6) is 2.63. The molecule has 0 spiro atoms. The van der Waals surface area contributed by atoms with Gasteiger partial charge in [0.1, 0.15) is 5.82 Å². The van der Waals surface area contributed by atoms with Gasteiger partial charge < -0.3 is 29.3 Å². The first kappa shape index (κ1) is 31.3. The summed E-state index contributed by atoms with van der Waals surface area (Å²) in [6, 6.07) is 7.59. The van der Waals surface area contributed by atoms with Crippen LogP contribution in [0.4, 0.5) is 5.82 Å². The molecular weight excluding hydrogens is 560 g/mol. The van der Waals surface area contributed by atoms with Crippen molar-refractivity contribution in [2.75, 3.05) is 72.0 Å². The average molecular weight is 605 g/mol. The maximum atomic E-state index is 13.3. The van der Waals surface area contributed by atoms with E-state index in [4.69, 9.17) is 19.2 Å². The van der Waals surface area contributed by atoms with Gasteiger partial charge in [-0.15, -0.1) is 0 Å². The molecule has 1 aromatic carbocycles. The Kier molecular flexibility index (Phi) is 10.4. The van der Waals surface area contributed by atoms with Crippen molar-refractivity contribution in [2.24, 2.45) is 5.92 Å². The Balaban J connectivity index is 1.48. The summed E-state index contributed by atoms with van der Waals surface area (Å²) in [5, 5.41) is 3.99. The Labute approximate surface area is 259 Å². The third-order valence-corrected chi connectivity index (χ3v) is 8.61. The molecule has 1 N–H and O–H groups in total. The molecule has 236 valence electrons. The number of nitrogens with zero attached hydrogens (tertiary/aromatic N) is 5. The SMILES string of the molecule is CCN1CCCCN(C(=O)c2cccnc2)CC(=O)NCC2CCCN(C2)c2nc3cc(OC)c(OC)c(OC)c3cc2C1. The summed E-state index contributed by atoms with van der Waals surface area (Å²) in [5.41, 5.74) is 2.40. The number of nitrogens with one attached hydrogen (secondary N) is 1. The molecule has 1 saturated heterocycles. The van der Waals surface area contributed by atoms with Gasteiger partial charge in [-0.2, -0.15) is 0 Å². The van der Waals surface area contributed by atoms with E-state index in [2.05, 4.69) is 33.1 Å². The van der Waals surface area contributed by atoms with E-state index < -0.39 is 0 Å². The summed E-state index contributed by atoms with van der Waals surface area (Å²) < 4.78 is 17.1. The third-order valence-electron chi connectivity index (χ3n) is 8.61. The van der Waals surface area contributed by atoms with E-state index in [1.807, 2.05) is 6.07 Å². The number of methoxy groups -OCH3 is 3. The number of hydrogen-bond donors (Lipinski definition) is 1. The summed E-state index contributed by atoms with van der Waals surface area (Å²) in [6.07, 6.45) is 6.87. The molecule has 2 amide bonds. The van der Waals surface area contributed by atoms with Crippen LogP contribution in [0.15, 0.2) is 36.7 Å². The number of hydrogen-bond acceptors (Lipinski definition) is 9. The fourth-order valence-corrected chi connectivity index (χ4v) is 6.28. The maximum absolute atomic E-state index is 13.3. The molecule has 0 aliphatic carbocycles. The quantitative estimate of drug-likeness (QED) is 0.466. The molecule has 3 aromatic rings. The minimum Gasteiger partial charge on any atom is -0.493 e. The lowest BCUT2D eigenvalue weighted by atomic mass is 9.97.